The number of anilines is 1. The molecule has 1 amide bonds. The van der Waals surface area contributed by atoms with E-state index in [2.05, 4.69) is 5.32 Å². The largest absolute Gasteiger partial charge is 0.497 e. The van der Waals surface area contributed by atoms with E-state index in [1.807, 2.05) is 30.3 Å². The summed E-state index contributed by atoms with van der Waals surface area (Å²) in [6.45, 7) is 0. The Labute approximate surface area is 189 Å². The average molecular weight is 457 g/mol. The van der Waals surface area contributed by atoms with Gasteiger partial charge in [0.2, 0.25) is 0 Å². The van der Waals surface area contributed by atoms with E-state index in [0.717, 1.165) is 17.7 Å². The van der Waals surface area contributed by atoms with Gasteiger partial charge in [-0.05, 0) is 53.6 Å². The maximum atomic E-state index is 13.1. The molecule has 33 heavy (non-hydrogen) atoms. The number of nitrogens with one attached hydrogen (secondary N) is 1. The number of carbonyl (C=O) groups excluding carboxylic acids is 1. The Hall–Kier alpha value is -3.94. The Morgan fingerprint density at radius 3 is 2.00 bits per heavy atom. The zero-order valence-electron chi connectivity index (χ0n) is 18.2. The smallest absolute Gasteiger partial charge is 0.416 e. The normalized spacial score (nSPS) is 11.3. The van der Waals surface area contributed by atoms with E-state index in [1.165, 1.54) is 26.4 Å². The first-order chi connectivity index (χ1) is 15.7. The molecule has 0 bridgehead atoms. The molecule has 0 aromatic heterocycles. The van der Waals surface area contributed by atoms with Crippen LogP contribution in [0.25, 0.3) is 12.2 Å². The number of halogens is 3. The first-order valence-electron chi connectivity index (χ1n) is 9.82. The first-order valence-corrected chi connectivity index (χ1v) is 9.82. The van der Waals surface area contributed by atoms with Gasteiger partial charge in [0, 0.05) is 11.8 Å². The molecular weight excluding hydrogens is 435 g/mol. The highest BCUT2D eigenvalue weighted by Gasteiger charge is 2.30. The highest BCUT2D eigenvalue weighted by molar-refractivity contribution is 6.09. The minimum absolute atomic E-state index is 0.211. The number of methoxy groups -OCH3 is 3. The SMILES string of the molecule is COc1ccc(/C=C/c2cc(OC)cc(OC)c2C(=O)Nc2ccc(C(F)(F)F)cc2)cc1. The van der Waals surface area contributed by atoms with Crippen LogP contribution in [0.2, 0.25) is 0 Å². The van der Waals surface area contributed by atoms with Gasteiger partial charge in [-0.3, -0.25) is 4.79 Å². The van der Waals surface area contributed by atoms with Gasteiger partial charge >= 0.3 is 6.18 Å². The van der Waals surface area contributed by atoms with E-state index >= 15 is 0 Å². The third-order valence-corrected chi connectivity index (χ3v) is 4.83. The molecule has 0 aliphatic carbocycles. The average Bonchev–Trinajstić information content (AvgIpc) is 2.82. The van der Waals surface area contributed by atoms with Crippen LogP contribution in [0, 0.1) is 0 Å². The fraction of sp³-hybridized carbons (Fsp3) is 0.160. The summed E-state index contributed by atoms with van der Waals surface area (Å²) in [6.07, 6.45) is -0.918. The maximum absolute atomic E-state index is 13.1. The highest BCUT2D eigenvalue weighted by Crippen LogP contribution is 2.32. The van der Waals surface area contributed by atoms with Crippen LogP contribution in [0.5, 0.6) is 17.2 Å². The van der Waals surface area contributed by atoms with Crippen molar-refractivity contribution < 1.29 is 32.2 Å². The molecule has 0 atom stereocenters. The Kier molecular flexibility index (Phi) is 7.27. The van der Waals surface area contributed by atoms with Gasteiger partial charge in [0.15, 0.2) is 0 Å². The van der Waals surface area contributed by atoms with Crippen molar-refractivity contribution in [1.29, 1.82) is 0 Å². The second kappa shape index (κ2) is 10.1. The zero-order chi connectivity index (χ0) is 24.0. The molecule has 0 saturated heterocycles. The molecule has 0 aliphatic heterocycles. The van der Waals surface area contributed by atoms with Crippen molar-refractivity contribution in [3.05, 3.63) is 82.9 Å². The van der Waals surface area contributed by atoms with Gasteiger partial charge in [0.25, 0.3) is 5.91 Å². The summed E-state index contributed by atoms with van der Waals surface area (Å²) in [5.41, 5.74) is 1.00. The number of hydrogen-bond donors (Lipinski definition) is 1. The molecule has 8 heteroatoms. The quantitative estimate of drug-likeness (QED) is 0.432. The van der Waals surface area contributed by atoms with E-state index < -0.39 is 17.6 Å². The summed E-state index contributed by atoms with van der Waals surface area (Å²) < 4.78 is 54.3. The summed E-state index contributed by atoms with van der Waals surface area (Å²) in [5, 5.41) is 2.63. The molecule has 3 aromatic rings. The zero-order valence-corrected chi connectivity index (χ0v) is 18.2. The van der Waals surface area contributed by atoms with Gasteiger partial charge in [0.1, 0.15) is 17.2 Å². The minimum atomic E-state index is -4.46. The molecule has 0 radical (unpaired) electrons. The molecule has 0 heterocycles. The van der Waals surface area contributed by atoms with Gasteiger partial charge < -0.3 is 19.5 Å². The van der Waals surface area contributed by atoms with Crippen LogP contribution in [0.15, 0.2) is 60.7 Å². The third kappa shape index (κ3) is 5.85. The third-order valence-electron chi connectivity index (χ3n) is 4.83. The van der Waals surface area contributed by atoms with E-state index in [0.29, 0.717) is 17.1 Å². The van der Waals surface area contributed by atoms with E-state index in [9.17, 15) is 18.0 Å². The lowest BCUT2D eigenvalue weighted by Gasteiger charge is -2.15. The predicted octanol–water partition coefficient (Wildman–Crippen LogP) is 6.15. The number of ether oxygens (including phenoxy) is 3. The van der Waals surface area contributed by atoms with Crippen molar-refractivity contribution in [2.24, 2.45) is 0 Å². The summed E-state index contributed by atoms with van der Waals surface area (Å²) in [6, 6.07) is 14.8. The molecular formula is C25H22F3NO4. The highest BCUT2D eigenvalue weighted by atomic mass is 19.4. The summed E-state index contributed by atoms with van der Waals surface area (Å²) in [7, 11) is 4.49. The molecule has 1 N–H and O–H groups in total. The number of rotatable bonds is 7. The molecule has 172 valence electrons. The molecule has 5 nitrogen and oxygen atoms in total. The predicted molar refractivity (Wildman–Crippen MR) is 121 cm³/mol. The van der Waals surface area contributed by atoms with Crippen LogP contribution in [-0.2, 0) is 6.18 Å². The topological polar surface area (TPSA) is 56.8 Å². The monoisotopic (exact) mass is 457 g/mol. The van der Waals surface area contributed by atoms with Crippen LogP contribution >= 0.6 is 0 Å². The Morgan fingerprint density at radius 2 is 1.45 bits per heavy atom. The van der Waals surface area contributed by atoms with Crippen LogP contribution in [0.3, 0.4) is 0 Å². The van der Waals surface area contributed by atoms with Crippen molar-refractivity contribution in [2.45, 2.75) is 6.18 Å². The lowest BCUT2D eigenvalue weighted by molar-refractivity contribution is -0.137. The lowest BCUT2D eigenvalue weighted by atomic mass is 10.0. The summed E-state index contributed by atoms with van der Waals surface area (Å²) in [5.74, 6) is 0.913. The second-order valence-electron chi connectivity index (χ2n) is 6.93. The van der Waals surface area contributed by atoms with Crippen LogP contribution in [0.4, 0.5) is 18.9 Å². The molecule has 0 unspecified atom stereocenters. The maximum Gasteiger partial charge on any atom is 0.416 e. The Balaban J connectivity index is 1.95. The van der Waals surface area contributed by atoms with Crippen molar-refractivity contribution in [3.8, 4) is 17.2 Å². The van der Waals surface area contributed by atoms with Crippen LogP contribution < -0.4 is 19.5 Å². The van der Waals surface area contributed by atoms with E-state index in [-0.39, 0.29) is 17.0 Å². The number of alkyl halides is 3. The molecule has 0 aliphatic rings. The summed E-state index contributed by atoms with van der Waals surface area (Å²) >= 11 is 0. The van der Waals surface area contributed by atoms with Gasteiger partial charge in [-0.15, -0.1) is 0 Å². The van der Waals surface area contributed by atoms with Gasteiger partial charge in [-0.2, -0.15) is 13.2 Å². The minimum Gasteiger partial charge on any atom is -0.497 e. The number of benzene rings is 3. The van der Waals surface area contributed by atoms with Crippen LogP contribution in [-0.4, -0.2) is 27.2 Å². The second-order valence-corrected chi connectivity index (χ2v) is 6.93. The van der Waals surface area contributed by atoms with Gasteiger partial charge in [-0.25, -0.2) is 0 Å². The van der Waals surface area contributed by atoms with Crippen molar-refractivity contribution in [2.75, 3.05) is 26.6 Å². The van der Waals surface area contributed by atoms with Crippen molar-refractivity contribution >= 4 is 23.7 Å². The molecule has 0 fully saturated rings. The number of hydrogen-bond acceptors (Lipinski definition) is 4. The fourth-order valence-electron chi connectivity index (χ4n) is 3.10. The summed E-state index contributed by atoms with van der Waals surface area (Å²) in [4.78, 5) is 13.1. The van der Waals surface area contributed by atoms with Crippen molar-refractivity contribution in [1.82, 2.24) is 0 Å². The van der Waals surface area contributed by atoms with Crippen LogP contribution in [0.1, 0.15) is 27.0 Å². The van der Waals surface area contributed by atoms with Gasteiger partial charge in [-0.1, -0.05) is 24.3 Å². The van der Waals surface area contributed by atoms with E-state index in [1.54, 1.807) is 25.3 Å². The Bertz CT molecular complexity index is 1140. The lowest BCUT2D eigenvalue weighted by Crippen LogP contribution is -2.15. The number of amides is 1. The first kappa shape index (κ1) is 23.7. The van der Waals surface area contributed by atoms with Gasteiger partial charge in [0.05, 0.1) is 32.5 Å². The molecule has 0 spiro atoms. The fourth-order valence-corrected chi connectivity index (χ4v) is 3.10. The molecule has 3 rings (SSSR count). The Morgan fingerprint density at radius 1 is 0.818 bits per heavy atom. The number of carbonyl (C=O) groups is 1. The standard InChI is InChI=1S/C25H22F3NO4/c1-31-20-12-5-16(6-13-20)4-7-17-14-21(32-2)15-22(33-3)23(17)24(30)29-19-10-8-18(9-11-19)25(26,27)28/h4-15H,1-3H3,(H,29,30)/b7-4+. The van der Waals surface area contributed by atoms with Crippen molar-refractivity contribution in [3.63, 3.8) is 0 Å². The molecule has 3 aromatic carbocycles. The molecule has 0 saturated carbocycles. The van der Waals surface area contributed by atoms with E-state index in [4.69, 9.17) is 14.2 Å².